The summed E-state index contributed by atoms with van der Waals surface area (Å²) in [6.07, 6.45) is 7.72. The molecule has 3 aromatic heterocycles. The number of nitrogens with one attached hydrogen (secondary N) is 1. The van der Waals surface area contributed by atoms with Gasteiger partial charge in [0.1, 0.15) is 16.4 Å². The summed E-state index contributed by atoms with van der Waals surface area (Å²) in [5.41, 5.74) is 5.98. The van der Waals surface area contributed by atoms with Crippen molar-refractivity contribution in [2.24, 2.45) is 10.7 Å². The molecule has 5 rings (SSSR count). The molecule has 2 aliphatic rings. The van der Waals surface area contributed by atoms with Crippen LogP contribution >= 0.6 is 11.3 Å². The third-order valence-corrected chi connectivity index (χ3v) is 8.66. The summed E-state index contributed by atoms with van der Waals surface area (Å²) in [5, 5.41) is 8.67. The van der Waals surface area contributed by atoms with Crippen LogP contribution in [0.3, 0.4) is 0 Å². The molecule has 2 fully saturated rings. The largest absolute Gasteiger partial charge is 0.448 e. The second-order valence-corrected chi connectivity index (χ2v) is 11.9. The van der Waals surface area contributed by atoms with Gasteiger partial charge >= 0.3 is 6.09 Å². The van der Waals surface area contributed by atoms with Crippen LogP contribution in [0.5, 0.6) is 0 Å². The number of carbonyl (C=O) groups excluding carboxylic acids is 2. The van der Waals surface area contributed by atoms with E-state index in [0.717, 1.165) is 73.5 Å². The van der Waals surface area contributed by atoms with E-state index in [1.807, 2.05) is 6.92 Å². The number of amides is 1. The number of thiazole rings is 1. The monoisotopic (exact) mass is 672 g/mol. The number of aromatic nitrogens is 4. The van der Waals surface area contributed by atoms with Crippen LogP contribution in [0, 0.1) is 11.8 Å². The average molecular weight is 673 g/mol. The molecule has 3 aromatic rings. The molecule has 1 aliphatic carbocycles. The fraction of sp³-hybridized carbons (Fsp3) is 0.484. The lowest BCUT2D eigenvalue weighted by Crippen LogP contribution is -2.37. The molecule has 0 spiro atoms. The highest BCUT2D eigenvalue weighted by Gasteiger charge is 2.22. The van der Waals surface area contributed by atoms with Crippen molar-refractivity contribution in [2.45, 2.75) is 51.2 Å². The van der Waals surface area contributed by atoms with Crippen LogP contribution < -0.4 is 11.1 Å². The van der Waals surface area contributed by atoms with Crippen molar-refractivity contribution < 1.29 is 32.6 Å². The van der Waals surface area contributed by atoms with Crippen LogP contribution in [0.25, 0.3) is 16.3 Å². The number of pyridine rings is 1. The van der Waals surface area contributed by atoms with Gasteiger partial charge in [0.2, 0.25) is 5.95 Å². The molecule has 0 unspecified atom stereocenters. The van der Waals surface area contributed by atoms with Crippen LogP contribution in [0.15, 0.2) is 40.6 Å². The Morgan fingerprint density at radius 3 is 2.74 bits per heavy atom. The Hall–Kier alpha value is -4.12. The SMILES string of the molecule is CCOC1CCC(N=C/C(NC(=O)c2csc(-c3cnn(C(=O)OCCCN4CCOCC4)c3)n2)=C(\N)c2nc(F)ccc2F)CC1. The summed E-state index contributed by atoms with van der Waals surface area (Å²) >= 11 is 1.16. The van der Waals surface area contributed by atoms with Gasteiger partial charge in [-0.1, -0.05) is 0 Å². The molecular formula is C31H38F2N8O5S. The first-order valence-electron chi connectivity index (χ1n) is 15.6. The first kappa shape index (κ1) is 34.2. The zero-order valence-electron chi connectivity index (χ0n) is 26.1. The fourth-order valence-corrected chi connectivity index (χ4v) is 6.02. The van der Waals surface area contributed by atoms with Crippen molar-refractivity contribution in [2.75, 3.05) is 46.1 Å². The molecule has 1 amide bonds. The predicted molar refractivity (Wildman–Crippen MR) is 171 cm³/mol. The van der Waals surface area contributed by atoms with Gasteiger partial charge in [0, 0.05) is 49.6 Å². The van der Waals surface area contributed by atoms with Crippen molar-refractivity contribution in [1.29, 1.82) is 0 Å². The lowest BCUT2D eigenvalue weighted by atomic mass is 9.93. The predicted octanol–water partition coefficient (Wildman–Crippen LogP) is 3.86. The van der Waals surface area contributed by atoms with E-state index in [4.69, 9.17) is 19.9 Å². The Morgan fingerprint density at radius 2 is 1.98 bits per heavy atom. The summed E-state index contributed by atoms with van der Waals surface area (Å²) < 4.78 is 46.0. The van der Waals surface area contributed by atoms with Crippen molar-refractivity contribution in [3.63, 3.8) is 0 Å². The zero-order chi connectivity index (χ0) is 33.2. The van der Waals surface area contributed by atoms with Gasteiger partial charge in [0.05, 0.1) is 49.6 Å². The van der Waals surface area contributed by atoms with Gasteiger partial charge in [-0.3, -0.25) is 14.7 Å². The molecule has 0 bridgehead atoms. The summed E-state index contributed by atoms with van der Waals surface area (Å²) in [5.74, 6) is -2.44. The lowest BCUT2D eigenvalue weighted by Gasteiger charge is -2.26. The van der Waals surface area contributed by atoms with Gasteiger partial charge in [-0.25, -0.2) is 19.2 Å². The Kier molecular flexibility index (Phi) is 12.1. The normalized spacial score (nSPS) is 19.5. The van der Waals surface area contributed by atoms with Crippen LogP contribution in [0.4, 0.5) is 13.6 Å². The third-order valence-electron chi connectivity index (χ3n) is 7.77. The molecule has 0 aromatic carbocycles. The molecule has 1 saturated heterocycles. The van der Waals surface area contributed by atoms with Gasteiger partial charge < -0.3 is 25.3 Å². The molecule has 1 aliphatic heterocycles. The molecule has 0 atom stereocenters. The topological polar surface area (TPSA) is 159 Å². The van der Waals surface area contributed by atoms with Crippen molar-refractivity contribution in [3.8, 4) is 10.6 Å². The number of allylic oxidation sites excluding steroid dienone is 1. The van der Waals surface area contributed by atoms with Crippen molar-refractivity contribution in [1.82, 2.24) is 30.0 Å². The van der Waals surface area contributed by atoms with Crippen LogP contribution in [0.1, 0.15) is 55.2 Å². The average Bonchev–Trinajstić information content (AvgIpc) is 3.78. The van der Waals surface area contributed by atoms with Gasteiger partial charge in [-0.2, -0.15) is 14.2 Å². The van der Waals surface area contributed by atoms with E-state index in [1.165, 1.54) is 24.0 Å². The number of ether oxygens (including phenoxy) is 3. The molecule has 16 heteroatoms. The first-order valence-corrected chi connectivity index (χ1v) is 16.4. The Bertz CT molecular complexity index is 1580. The summed E-state index contributed by atoms with van der Waals surface area (Å²) in [7, 11) is 0. The summed E-state index contributed by atoms with van der Waals surface area (Å²) in [6.45, 7) is 6.80. The summed E-state index contributed by atoms with van der Waals surface area (Å²) in [6, 6.07) is 1.72. The molecule has 4 heterocycles. The molecule has 1 saturated carbocycles. The second kappa shape index (κ2) is 16.6. The molecule has 252 valence electrons. The Labute approximate surface area is 274 Å². The standard InChI is InChI=1S/C31H38F2N8O5S/c1-2-45-22-6-4-21(5-7-22)35-17-24(27(34)28-23(32)8-9-26(33)39-28)37-29(42)25-19-47-30(38-25)20-16-36-41(18-20)31(43)46-13-3-10-40-11-14-44-15-12-40/h8-9,16-19,21-22H,2-7,10-15,34H2,1H3,(H,37,42)/b27-24+,35-17?. The number of hydrogen-bond donors (Lipinski definition) is 2. The van der Waals surface area contributed by atoms with E-state index in [-0.39, 0.29) is 35.8 Å². The fourth-order valence-electron chi connectivity index (χ4n) is 5.25. The summed E-state index contributed by atoms with van der Waals surface area (Å²) in [4.78, 5) is 40.6. The number of hydrogen-bond acceptors (Lipinski definition) is 12. The van der Waals surface area contributed by atoms with Gasteiger partial charge in [-0.05, 0) is 51.2 Å². The highest BCUT2D eigenvalue weighted by atomic mass is 32.1. The van der Waals surface area contributed by atoms with E-state index < -0.39 is 29.5 Å². The molecule has 47 heavy (non-hydrogen) atoms. The maximum atomic E-state index is 14.6. The maximum absolute atomic E-state index is 14.6. The van der Waals surface area contributed by atoms with E-state index >= 15 is 0 Å². The zero-order valence-corrected chi connectivity index (χ0v) is 26.9. The molecule has 3 N–H and O–H groups in total. The number of morpholine rings is 1. The number of rotatable bonds is 12. The van der Waals surface area contributed by atoms with Crippen LogP contribution in [-0.2, 0) is 14.2 Å². The second-order valence-electron chi connectivity index (χ2n) is 11.0. The number of halogens is 2. The van der Waals surface area contributed by atoms with Gasteiger partial charge in [-0.15, -0.1) is 11.3 Å². The molecule has 13 nitrogen and oxygen atoms in total. The highest BCUT2D eigenvalue weighted by Crippen LogP contribution is 2.25. The maximum Gasteiger partial charge on any atom is 0.434 e. The Morgan fingerprint density at radius 1 is 1.19 bits per heavy atom. The minimum atomic E-state index is -0.928. The van der Waals surface area contributed by atoms with Gasteiger partial charge in [0.25, 0.3) is 5.91 Å². The number of nitrogens with zero attached hydrogens (tertiary/aromatic N) is 6. The van der Waals surface area contributed by atoms with Crippen molar-refractivity contribution >= 4 is 35.2 Å². The number of aliphatic imine (C=N–C) groups is 1. The molecular weight excluding hydrogens is 634 g/mol. The Balaban J connectivity index is 1.24. The molecule has 0 radical (unpaired) electrons. The first-order chi connectivity index (χ1) is 22.8. The lowest BCUT2D eigenvalue weighted by molar-refractivity contribution is 0.0335. The quantitative estimate of drug-likeness (QED) is 0.164. The third kappa shape index (κ3) is 9.47. The van der Waals surface area contributed by atoms with Gasteiger partial charge in [0.15, 0.2) is 5.82 Å². The highest BCUT2D eigenvalue weighted by molar-refractivity contribution is 7.13. The van der Waals surface area contributed by atoms with E-state index in [0.29, 0.717) is 36.8 Å². The number of carbonyl (C=O) groups is 2. The van der Waals surface area contributed by atoms with Crippen LogP contribution in [-0.4, -0.2) is 101 Å². The number of nitrogens with two attached hydrogens (primary N) is 1. The van der Waals surface area contributed by atoms with E-state index in [2.05, 4.69) is 30.3 Å². The van der Waals surface area contributed by atoms with E-state index in [9.17, 15) is 18.4 Å². The minimum absolute atomic E-state index is 0.0343. The smallest absolute Gasteiger partial charge is 0.434 e. The van der Waals surface area contributed by atoms with Crippen molar-refractivity contribution in [3.05, 3.63) is 58.8 Å². The minimum Gasteiger partial charge on any atom is -0.448 e. The van der Waals surface area contributed by atoms with Crippen LogP contribution in [0.2, 0.25) is 0 Å². The van der Waals surface area contributed by atoms with E-state index in [1.54, 1.807) is 0 Å².